The van der Waals surface area contributed by atoms with Crippen molar-refractivity contribution in [1.82, 2.24) is 0 Å². The van der Waals surface area contributed by atoms with E-state index >= 15 is 0 Å². The van der Waals surface area contributed by atoms with Crippen LogP contribution in [0.2, 0.25) is 0 Å². The molecule has 0 bridgehead atoms. The minimum absolute atomic E-state index is 0. The van der Waals surface area contributed by atoms with Crippen molar-refractivity contribution < 1.29 is 26.8 Å². The predicted molar refractivity (Wildman–Crippen MR) is 58.8 cm³/mol. The van der Waals surface area contributed by atoms with Crippen molar-refractivity contribution in [1.29, 1.82) is 0 Å². The highest BCUT2D eigenvalue weighted by molar-refractivity contribution is 4.32. The minimum atomic E-state index is 0. The zero-order valence-corrected chi connectivity index (χ0v) is 11.1. The Balaban J connectivity index is 0. The van der Waals surface area contributed by atoms with Crippen molar-refractivity contribution >= 4 is 0 Å². The van der Waals surface area contributed by atoms with E-state index in [1.165, 1.54) is 13.0 Å². The quantitative estimate of drug-likeness (QED) is 0.422. The molecule has 0 aliphatic rings. The van der Waals surface area contributed by atoms with Gasteiger partial charge in [-0.05, 0) is 20.3 Å². The van der Waals surface area contributed by atoms with Gasteiger partial charge in [0.1, 0.15) is 13.1 Å². The van der Waals surface area contributed by atoms with Crippen LogP contribution < -0.4 is 17.3 Å². The predicted octanol–water partition coefficient (Wildman–Crippen LogP) is -2.64. The van der Waals surface area contributed by atoms with Crippen molar-refractivity contribution in [3.63, 3.8) is 0 Å². The molecule has 0 atom stereocenters. The first-order valence-corrected chi connectivity index (χ1v) is 5.84. The summed E-state index contributed by atoms with van der Waals surface area (Å²) in [6.45, 7) is 13.1. The highest BCUT2D eigenvalue weighted by Crippen LogP contribution is 1.72. The molecule has 0 aliphatic heterocycles. The Hall–Kier alpha value is 0.170. The van der Waals surface area contributed by atoms with E-state index in [0.717, 1.165) is 39.5 Å². The van der Waals surface area contributed by atoms with Crippen LogP contribution in [0.15, 0.2) is 0 Å². The molecule has 3 nitrogen and oxygen atoms in total. The summed E-state index contributed by atoms with van der Waals surface area (Å²) in [5.41, 5.74) is 0. The monoisotopic (exact) mass is 239 g/mol. The highest BCUT2D eigenvalue weighted by Gasteiger charge is 2.06. The van der Waals surface area contributed by atoms with Gasteiger partial charge in [0.05, 0.1) is 19.8 Å². The third-order valence-corrected chi connectivity index (χ3v) is 2.21. The fourth-order valence-corrected chi connectivity index (χ4v) is 1.45. The van der Waals surface area contributed by atoms with E-state index in [1.807, 2.05) is 13.8 Å². The number of ether oxygens (including phenoxy) is 2. The number of halogens is 1. The second-order valence-electron chi connectivity index (χ2n) is 3.39. The molecule has 0 aromatic rings. The van der Waals surface area contributed by atoms with E-state index in [2.05, 4.69) is 6.92 Å². The van der Waals surface area contributed by atoms with E-state index in [9.17, 15) is 0 Å². The molecule has 94 valence electrons. The summed E-state index contributed by atoms with van der Waals surface area (Å²) < 4.78 is 10.7. The molecule has 15 heavy (non-hydrogen) atoms. The zero-order valence-electron chi connectivity index (χ0n) is 10.4. The molecule has 0 aliphatic carbocycles. The molecule has 0 radical (unpaired) electrons. The lowest BCUT2D eigenvalue weighted by molar-refractivity contribution is -0.901. The average molecular weight is 240 g/mol. The van der Waals surface area contributed by atoms with E-state index in [0.29, 0.717) is 0 Å². The molecular formula is C11H26ClNO2. The Morgan fingerprint density at radius 2 is 1.27 bits per heavy atom. The van der Waals surface area contributed by atoms with Crippen molar-refractivity contribution in [3.8, 4) is 0 Å². The van der Waals surface area contributed by atoms with Crippen molar-refractivity contribution in [2.75, 3.05) is 46.1 Å². The van der Waals surface area contributed by atoms with Crippen LogP contribution in [0.25, 0.3) is 0 Å². The molecule has 0 aromatic carbocycles. The second-order valence-corrected chi connectivity index (χ2v) is 3.39. The smallest absolute Gasteiger partial charge is 0.101 e. The molecular weight excluding hydrogens is 214 g/mol. The average Bonchev–Trinajstić information content (AvgIpc) is 2.18. The fourth-order valence-electron chi connectivity index (χ4n) is 1.45. The number of nitrogens with one attached hydrogen (secondary N) is 1. The van der Waals surface area contributed by atoms with E-state index in [4.69, 9.17) is 9.47 Å². The van der Waals surface area contributed by atoms with Gasteiger partial charge in [-0.15, -0.1) is 0 Å². The summed E-state index contributed by atoms with van der Waals surface area (Å²) in [4.78, 5) is 1.59. The van der Waals surface area contributed by atoms with Crippen LogP contribution in [0.5, 0.6) is 0 Å². The molecule has 0 spiro atoms. The van der Waals surface area contributed by atoms with Crippen LogP contribution >= 0.6 is 0 Å². The molecule has 0 unspecified atom stereocenters. The third kappa shape index (κ3) is 12.1. The molecule has 0 heterocycles. The Bertz CT molecular complexity index is 105. The van der Waals surface area contributed by atoms with Crippen molar-refractivity contribution in [3.05, 3.63) is 0 Å². The second kappa shape index (κ2) is 14.2. The summed E-state index contributed by atoms with van der Waals surface area (Å²) in [6, 6.07) is 0. The molecule has 0 saturated carbocycles. The fraction of sp³-hybridized carbons (Fsp3) is 1.00. The van der Waals surface area contributed by atoms with Crippen LogP contribution in [-0.2, 0) is 9.47 Å². The molecule has 0 fully saturated rings. The summed E-state index contributed by atoms with van der Waals surface area (Å²) in [5, 5.41) is 0. The summed E-state index contributed by atoms with van der Waals surface area (Å²) >= 11 is 0. The molecule has 4 heteroatoms. The standard InChI is InChI=1S/C11H25NO2.ClH/c1-4-7-12(8-10-13-5-2)9-11-14-6-3;/h4-11H2,1-3H3;1H. The van der Waals surface area contributed by atoms with E-state index in [1.54, 1.807) is 4.90 Å². The maximum absolute atomic E-state index is 5.35. The third-order valence-electron chi connectivity index (χ3n) is 2.21. The molecule has 0 rings (SSSR count). The molecule has 1 N–H and O–H groups in total. The Labute approximate surface area is 101 Å². The number of hydrogen-bond donors (Lipinski definition) is 1. The Kier molecular flexibility index (Phi) is 16.6. The number of quaternary nitrogens is 1. The van der Waals surface area contributed by atoms with E-state index < -0.39 is 0 Å². The summed E-state index contributed by atoms with van der Waals surface area (Å²) in [5.74, 6) is 0. The number of rotatable bonds is 10. The van der Waals surface area contributed by atoms with Gasteiger partial charge >= 0.3 is 0 Å². The summed E-state index contributed by atoms with van der Waals surface area (Å²) in [6.07, 6.45) is 1.23. The van der Waals surface area contributed by atoms with Crippen LogP contribution in [0, 0.1) is 0 Å². The van der Waals surface area contributed by atoms with Crippen LogP contribution in [0.1, 0.15) is 27.2 Å². The van der Waals surface area contributed by atoms with Gasteiger partial charge < -0.3 is 26.8 Å². The summed E-state index contributed by atoms with van der Waals surface area (Å²) in [7, 11) is 0. The maximum atomic E-state index is 5.35. The van der Waals surface area contributed by atoms with Crippen LogP contribution in [0.3, 0.4) is 0 Å². The molecule has 0 amide bonds. The van der Waals surface area contributed by atoms with Gasteiger partial charge in [-0.25, -0.2) is 0 Å². The highest BCUT2D eigenvalue weighted by atomic mass is 35.5. The van der Waals surface area contributed by atoms with Crippen molar-refractivity contribution in [2.45, 2.75) is 27.2 Å². The zero-order chi connectivity index (χ0) is 10.6. The molecule has 0 aromatic heterocycles. The van der Waals surface area contributed by atoms with Crippen molar-refractivity contribution in [2.24, 2.45) is 0 Å². The van der Waals surface area contributed by atoms with Gasteiger partial charge in [-0.1, -0.05) is 6.92 Å². The van der Waals surface area contributed by atoms with Gasteiger partial charge in [0.2, 0.25) is 0 Å². The number of hydrogen-bond acceptors (Lipinski definition) is 2. The first-order valence-electron chi connectivity index (χ1n) is 5.84. The van der Waals surface area contributed by atoms with Gasteiger partial charge in [0.15, 0.2) is 0 Å². The van der Waals surface area contributed by atoms with Gasteiger partial charge in [-0.2, -0.15) is 0 Å². The molecule has 0 saturated heterocycles. The lowest BCUT2D eigenvalue weighted by Gasteiger charge is -2.18. The van der Waals surface area contributed by atoms with E-state index in [-0.39, 0.29) is 12.4 Å². The van der Waals surface area contributed by atoms with Gasteiger partial charge in [0, 0.05) is 13.2 Å². The minimum Gasteiger partial charge on any atom is -1.00 e. The van der Waals surface area contributed by atoms with Crippen LogP contribution in [-0.4, -0.2) is 46.1 Å². The largest absolute Gasteiger partial charge is 1.00 e. The van der Waals surface area contributed by atoms with Gasteiger partial charge in [-0.3, -0.25) is 0 Å². The van der Waals surface area contributed by atoms with Crippen LogP contribution in [0.4, 0.5) is 0 Å². The lowest BCUT2D eigenvalue weighted by Crippen LogP contribution is -3.13. The van der Waals surface area contributed by atoms with Gasteiger partial charge in [0.25, 0.3) is 0 Å². The maximum Gasteiger partial charge on any atom is 0.101 e. The normalized spacial score (nSPS) is 10.4. The lowest BCUT2D eigenvalue weighted by atomic mass is 10.4. The SMILES string of the molecule is CCC[NH+](CCOCC)CCOCC.[Cl-]. The Morgan fingerprint density at radius 1 is 0.800 bits per heavy atom. The first kappa shape index (κ1) is 17.6. The topological polar surface area (TPSA) is 22.9 Å². The Morgan fingerprint density at radius 3 is 1.60 bits per heavy atom. The first-order chi connectivity index (χ1) is 6.85.